The molecule has 0 saturated carbocycles. The molecule has 146 valence electrons. The van der Waals surface area contributed by atoms with Gasteiger partial charge in [-0.2, -0.15) is 0 Å². The van der Waals surface area contributed by atoms with E-state index in [2.05, 4.69) is 36.1 Å². The largest absolute Gasteiger partial charge is 0.467 e. The lowest BCUT2D eigenvalue weighted by Gasteiger charge is -2.30. The summed E-state index contributed by atoms with van der Waals surface area (Å²) in [5.74, 6) is -0.539. The summed E-state index contributed by atoms with van der Waals surface area (Å²) < 4.78 is 4.78. The Morgan fingerprint density at radius 1 is 1.15 bits per heavy atom. The molecule has 1 heterocycles. The second-order valence-corrected chi connectivity index (χ2v) is 7.57. The second kappa shape index (κ2) is 9.96. The summed E-state index contributed by atoms with van der Waals surface area (Å²) in [5.41, 5.74) is 1.00. The highest BCUT2D eigenvalue weighted by Gasteiger charge is 2.50. The topological polar surface area (TPSA) is 49.8 Å². The number of benzene rings is 1. The zero-order valence-electron chi connectivity index (χ0n) is 16.7. The molecular weight excluding hydrogens is 326 g/mol. The first kappa shape index (κ1) is 20.8. The molecule has 1 N–H and O–H groups in total. The summed E-state index contributed by atoms with van der Waals surface area (Å²) in [6.45, 7) is 4.79. The van der Waals surface area contributed by atoms with E-state index in [1.54, 1.807) is 0 Å². The second-order valence-electron chi connectivity index (χ2n) is 7.57. The molecule has 0 amide bonds. The maximum Gasteiger partial charge on any atom is 0.340 e. The Balaban J connectivity index is 1.81. The van der Waals surface area contributed by atoms with Gasteiger partial charge in [0.2, 0.25) is 0 Å². The van der Waals surface area contributed by atoms with Crippen molar-refractivity contribution in [2.75, 3.05) is 18.6 Å². The first-order valence-corrected chi connectivity index (χ1v) is 10.2. The predicted octanol–water partition coefficient (Wildman–Crippen LogP) is 4.48. The van der Waals surface area contributed by atoms with Crippen LogP contribution in [-0.4, -0.2) is 36.4 Å². The minimum Gasteiger partial charge on any atom is -0.467 e. The third-order valence-electron chi connectivity index (χ3n) is 5.77. The Labute approximate surface area is 158 Å². The standard InChI is InChI=1S/C22H35NO3/c1-4-5-6-7-8-9-10-11-19-12-14-20(15-13-19)23-17-16-22(25,18(23)2)21(24)26-3/h12-15,18,25H,4-11,16-17H2,1-3H3. The molecule has 0 radical (unpaired) electrons. The SMILES string of the molecule is CCCCCCCCCc1ccc(N2CCC(O)(C(=O)OC)C2C)cc1. The van der Waals surface area contributed by atoms with Gasteiger partial charge in [0, 0.05) is 18.7 Å². The highest BCUT2D eigenvalue weighted by atomic mass is 16.5. The number of anilines is 1. The number of carbonyl (C=O) groups excluding carboxylic acids is 1. The maximum absolute atomic E-state index is 11.9. The number of methoxy groups -OCH3 is 1. The molecule has 1 aliphatic rings. The summed E-state index contributed by atoms with van der Waals surface area (Å²) in [6, 6.07) is 8.28. The fourth-order valence-electron chi connectivity index (χ4n) is 3.89. The van der Waals surface area contributed by atoms with E-state index in [1.807, 2.05) is 6.92 Å². The average molecular weight is 362 g/mol. The van der Waals surface area contributed by atoms with Gasteiger partial charge >= 0.3 is 5.97 Å². The van der Waals surface area contributed by atoms with Crippen molar-refractivity contribution in [3.63, 3.8) is 0 Å². The van der Waals surface area contributed by atoms with Crippen LogP contribution in [0.5, 0.6) is 0 Å². The van der Waals surface area contributed by atoms with Crippen LogP contribution in [-0.2, 0) is 16.0 Å². The summed E-state index contributed by atoms with van der Waals surface area (Å²) >= 11 is 0. The van der Waals surface area contributed by atoms with Crippen molar-refractivity contribution in [3.8, 4) is 0 Å². The lowest BCUT2D eigenvalue weighted by Crippen LogP contribution is -2.49. The molecule has 2 atom stereocenters. The van der Waals surface area contributed by atoms with Gasteiger partial charge in [-0.3, -0.25) is 0 Å². The Kier molecular flexibility index (Phi) is 7.95. The number of hydrogen-bond donors (Lipinski definition) is 1. The normalized spacial score (nSPS) is 22.6. The summed E-state index contributed by atoms with van der Waals surface area (Å²) in [4.78, 5) is 14.0. The van der Waals surface area contributed by atoms with Crippen LogP contribution in [0, 0.1) is 0 Å². The van der Waals surface area contributed by atoms with E-state index in [0.29, 0.717) is 13.0 Å². The van der Waals surface area contributed by atoms with Gasteiger partial charge in [0.15, 0.2) is 5.60 Å². The molecule has 1 fully saturated rings. The number of hydrogen-bond acceptors (Lipinski definition) is 4. The van der Waals surface area contributed by atoms with Crippen molar-refractivity contribution in [2.45, 2.75) is 83.3 Å². The Bertz CT molecular complexity index is 557. The minimum atomic E-state index is -1.41. The summed E-state index contributed by atoms with van der Waals surface area (Å²) in [6.07, 6.45) is 10.8. The molecule has 0 aromatic heterocycles. The molecule has 4 heteroatoms. The predicted molar refractivity (Wildman–Crippen MR) is 107 cm³/mol. The van der Waals surface area contributed by atoms with Crippen molar-refractivity contribution in [1.82, 2.24) is 0 Å². The highest BCUT2D eigenvalue weighted by molar-refractivity contribution is 5.82. The molecule has 0 spiro atoms. The quantitative estimate of drug-likeness (QED) is 0.493. The molecular formula is C22H35NO3. The first-order chi connectivity index (χ1) is 12.5. The number of nitrogens with zero attached hydrogens (tertiary/aromatic N) is 1. The number of carbonyl (C=O) groups is 1. The molecule has 1 aromatic carbocycles. The Morgan fingerprint density at radius 3 is 2.38 bits per heavy atom. The smallest absolute Gasteiger partial charge is 0.340 e. The van der Waals surface area contributed by atoms with E-state index in [-0.39, 0.29) is 6.04 Å². The van der Waals surface area contributed by atoms with Crippen LogP contribution in [0.4, 0.5) is 5.69 Å². The van der Waals surface area contributed by atoms with Crippen LogP contribution in [0.3, 0.4) is 0 Å². The van der Waals surface area contributed by atoms with Crippen LogP contribution in [0.15, 0.2) is 24.3 Å². The van der Waals surface area contributed by atoms with Gasteiger partial charge in [-0.25, -0.2) is 4.79 Å². The maximum atomic E-state index is 11.9. The summed E-state index contributed by atoms with van der Waals surface area (Å²) in [7, 11) is 1.33. The van der Waals surface area contributed by atoms with Crippen LogP contribution in [0.2, 0.25) is 0 Å². The Hall–Kier alpha value is -1.55. The van der Waals surface area contributed by atoms with Crippen LogP contribution in [0.25, 0.3) is 0 Å². The van der Waals surface area contributed by atoms with Crippen LogP contribution >= 0.6 is 0 Å². The van der Waals surface area contributed by atoms with Gasteiger partial charge in [-0.15, -0.1) is 0 Å². The number of esters is 1. The van der Waals surface area contributed by atoms with Crippen molar-refractivity contribution >= 4 is 11.7 Å². The van der Waals surface area contributed by atoms with Gasteiger partial charge in [0.05, 0.1) is 13.2 Å². The van der Waals surface area contributed by atoms with Gasteiger partial charge < -0.3 is 14.7 Å². The number of rotatable bonds is 10. The highest BCUT2D eigenvalue weighted by Crippen LogP contribution is 2.34. The van der Waals surface area contributed by atoms with Crippen molar-refractivity contribution < 1.29 is 14.6 Å². The van der Waals surface area contributed by atoms with Crippen molar-refractivity contribution in [1.29, 1.82) is 0 Å². The number of ether oxygens (including phenoxy) is 1. The molecule has 2 unspecified atom stereocenters. The fraction of sp³-hybridized carbons (Fsp3) is 0.682. The van der Waals surface area contributed by atoms with Crippen molar-refractivity contribution in [2.24, 2.45) is 0 Å². The monoisotopic (exact) mass is 361 g/mol. The molecule has 1 aliphatic heterocycles. The molecule has 0 aliphatic carbocycles. The zero-order chi connectivity index (χ0) is 19.0. The van der Waals surface area contributed by atoms with E-state index >= 15 is 0 Å². The fourth-order valence-corrected chi connectivity index (χ4v) is 3.89. The van der Waals surface area contributed by atoms with Gasteiger partial charge in [-0.1, -0.05) is 57.6 Å². The average Bonchev–Trinajstić information content (AvgIpc) is 2.97. The molecule has 1 aromatic rings. The molecule has 2 rings (SSSR count). The van der Waals surface area contributed by atoms with E-state index in [1.165, 1.54) is 57.6 Å². The van der Waals surface area contributed by atoms with Crippen LogP contribution in [0.1, 0.15) is 70.8 Å². The molecule has 26 heavy (non-hydrogen) atoms. The van der Waals surface area contributed by atoms with E-state index in [4.69, 9.17) is 4.74 Å². The summed E-state index contributed by atoms with van der Waals surface area (Å²) in [5, 5.41) is 10.6. The third-order valence-corrected chi connectivity index (χ3v) is 5.77. The number of unbranched alkanes of at least 4 members (excludes halogenated alkanes) is 6. The van der Waals surface area contributed by atoms with Gasteiger partial charge in [-0.05, 0) is 37.5 Å². The van der Waals surface area contributed by atoms with Crippen LogP contribution < -0.4 is 4.90 Å². The molecule has 0 bridgehead atoms. The van der Waals surface area contributed by atoms with Crippen molar-refractivity contribution in [3.05, 3.63) is 29.8 Å². The zero-order valence-corrected chi connectivity index (χ0v) is 16.7. The number of aryl methyl sites for hydroxylation is 1. The van der Waals surface area contributed by atoms with E-state index in [0.717, 1.165) is 12.1 Å². The van der Waals surface area contributed by atoms with Gasteiger partial charge in [0.1, 0.15) is 0 Å². The lowest BCUT2D eigenvalue weighted by atomic mass is 9.96. The Morgan fingerprint density at radius 2 is 1.77 bits per heavy atom. The third kappa shape index (κ3) is 5.00. The van der Waals surface area contributed by atoms with E-state index in [9.17, 15) is 9.90 Å². The molecule has 4 nitrogen and oxygen atoms in total. The number of aliphatic hydroxyl groups is 1. The minimum absolute atomic E-state index is 0.288. The van der Waals surface area contributed by atoms with Gasteiger partial charge in [0.25, 0.3) is 0 Å². The van der Waals surface area contributed by atoms with E-state index < -0.39 is 11.6 Å². The molecule has 1 saturated heterocycles. The first-order valence-electron chi connectivity index (χ1n) is 10.2. The lowest BCUT2D eigenvalue weighted by molar-refractivity contribution is -0.162.